The van der Waals surface area contributed by atoms with E-state index in [1.54, 1.807) is 7.11 Å². The quantitative estimate of drug-likeness (QED) is 0.767. The number of nitrogens with zero attached hydrogens (tertiary/aromatic N) is 1. The van der Waals surface area contributed by atoms with Crippen LogP contribution in [0.25, 0.3) is 0 Å². The molecule has 0 bridgehead atoms. The summed E-state index contributed by atoms with van der Waals surface area (Å²) in [5.41, 5.74) is 3.32. The Bertz CT molecular complexity index is 455. The smallest absolute Gasteiger partial charge is 0.307 e. The van der Waals surface area contributed by atoms with Crippen LogP contribution < -0.4 is 4.74 Å². The van der Waals surface area contributed by atoms with Crippen LogP contribution in [-0.2, 0) is 9.53 Å². The molecule has 0 aromatic heterocycles. The summed E-state index contributed by atoms with van der Waals surface area (Å²) in [6, 6.07) is 4.11. The molecule has 0 radical (unpaired) electrons. The van der Waals surface area contributed by atoms with Crippen molar-refractivity contribution in [1.82, 2.24) is 4.90 Å². The molecule has 0 aliphatic rings. The summed E-state index contributed by atoms with van der Waals surface area (Å²) >= 11 is 0. The lowest BCUT2D eigenvalue weighted by molar-refractivity contribution is -0.141. The van der Waals surface area contributed by atoms with Crippen molar-refractivity contribution in [3.05, 3.63) is 28.8 Å². The van der Waals surface area contributed by atoms with Crippen LogP contribution in [0, 0.1) is 13.8 Å². The predicted molar refractivity (Wildman–Crippen MR) is 75.5 cm³/mol. The molecule has 0 aliphatic carbocycles. The molecule has 0 fully saturated rings. The van der Waals surface area contributed by atoms with E-state index in [0.717, 1.165) is 22.4 Å². The van der Waals surface area contributed by atoms with Gasteiger partial charge in [-0.1, -0.05) is 6.07 Å². The summed E-state index contributed by atoms with van der Waals surface area (Å²) in [5, 5.41) is 0. The number of ether oxygens (including phenoxy) is 2. The van der Waals surface area contributed by atoms with Crippen LogP contribution in [0.1, 0.15) is 29.2 Å². The van der Waals surface area contributed by atoms with Crippen LogP contribution in [0.2, 0.25) is 0 Å². The minimum Gasteiger partial charge on any atom is -0.496 e. The van der Waals surface area contributed by atoms with Crippen LogP contribution in [0.15, 0.2) is 12.1 Å². The Morgan fingerprint density at radius 1 is 1.21 bits per heavy atom. The summed E-state index contributed by atoms with van der Waals surface area (Å²) in [4.78, 5) is 13.6. The Kier molecular flexibility index (Phi) is 5.36. The first-order valence-corrected chi connectivity index (χ1v) is 6.29. The molecule has 0 heterocycles. The van der Waals surface area contributed by atoms with Crippen molar-refractivity contribution in [2.24, 2.45) is 0 Å². The first-order valence-electron chi connectivity index (χ1n) is 6.29. The number of hydrogen-bond acceptors (Lipinski definition) is 4. The molecule has 0 saturated carbocycles. The Hall–Kier alpha value is -1.55. The van der Waals surface area contributed by atoms with Crippen LogP contribution in [0.3, 0.4) is 0 Å². The molecule has 19 heavy (non-hydrogen) atoms. The molecule has 0 aliphatic heterocycles. The highest BCUT2D eigenvalue weighted by Crippen LogP contribution is 2.30. The van der Waals surface area contributed by atoms with E-state index in [2.05, 4.69) is 6.07 Å². The van der Waals surface area contributed by atoms with Crippen molar-refractivity contribution in [1.29, 1.82) is 0 Å². The second-order valence-corrected chi connectivity index (χ2v) is 4.94. The van der Waals surface area contributed by atoms with Gasteiger partial charge in [-0.3, -0.25) is 4.79 Å². The van der Waals surface area contributed by atoms with E-state index in [0.29, 0.717) is 6.42 Å². The van der Waals surface area contributed by atoms with Gasteiger partial charge in [-0.05, 0) is 50.7 Å². The largest absolute Gasteiger partial charge is 0.496 e. The molecule has 1 aromatic rings. The SMILES string of the molecule is COC(=O)CC(c1cc(C)c(OC)cc1C)N(C)C. The van der Waals surface area contributed by atoms with Gasteiger partial charge < -0.3 is 14.4 Å². The fourth-order valence-corrected chi connectivity index (χ4v) is 2.20. The molecule has 0 saturated heterocycles. The van der Waals surface area contributed by atoms with Crippen molar-refractivity contribution in [3.63, 3.8) is 0 Å². The van der Waals surface area contributed by atoms with Gasteiger partial charge in [0.25, 0.3) is 0 Å². The van der Waals surface area contributed by atoms with Crippen LogP contribution in [0.5, 0.6) is 5.75 Å². The third-order valence-electron chi connectivity index (χ3n) is 3.35. The maximum absolute atomic E-state index is 11.5. The molecule has 1 rings (SSSR count). The molecule has 1 aromatic carbocycles. The monoisotopic (exact) mass is 265 g/mol. The zero-order valence-corrected chi connectivity index (χ0v) is 12.6. The van der Waals surface area contributed by atoms with Crippen LogP contribution in [-0.4, -0.2) is 39.2 Å². The molecule has 0 spiro atoms. The molecule has 4 heteroatoms. The highest BCUT2D eigenvalue weighted by Gasteiger charge is 2.21. The van der Waals surface area contributed by atoms with E-state index in [4.69, 9.17) is 9.47 Å². The van der Waals surface area contributed by atoms with Crippen molar-refractivity contribution >= 4 is 5.97 Å². The van der Waals surface area contributed by atoms with E-state index in [9.17, 15) is 4.79 Å². The topological polar surface area (TPSA) is 38.8 Å². The molecule has 0 amide bonds. The van der Waals surface area contributed by atoms with Gasteiger partial charge in [0.2, 0.25) is 0 Å². The number of hydrogen-bond donors (Lipinski definition) is 0. The van der Waals surface area contributed by atoms with Gasteiger partial charge in [-0.2, -0.15) is 0 Å². The number of rotatable bonds is 5. The average molecular weight is 265 g/mol. The number of carbonyl (C=O) groups excluding carboxylic acids is 1. The van der Waals surface area contributed by atoms with Gasteiger partial charge in [-0.15, -0.1) is 0 Å². The van der Waals surface area contributed by atoms with Crippen molar-refractivity contribution in [3.8, 4) is 5.75 Å². The molecule has 106 valence electrons. The van der Waals surface area contributed by atoms with E-state index < -0.39 is 0 Å². The molecular formula is C15H23NO3. The van der Waals surface area contributed by atoms with Gasteiger partial charge >= 0.3 is 5.97 Å². The van der Waals surface area contributed by atoms with E-state index in [1.807, 2.05) is 38.9 Å². The maximum Gasteiger partial charge on any atom is 0.307 e. The Morgan fingerprint density at radius 3 is 2.32 bits per heavy atom. The Labute approximate surface area is 115 Å². The van der Waals surface area contributed by atoms with Crippen molar-refractivity contribution < 1.29 is 14.3 Å². The first-order chi connectivity index (χ1) is 8.90. The highest BCUT2D eigenvalue weighted by atomic mass is 16.5. The number of benzene rings is 1. The van der Waals surface area contributed by atoms with Crippen molar-refractivity contribution in [2.45, 2.75) is 26.3 Å². The lowest BCUT2D eigenvalue weighted by Crippen LogP contribution is -2.24. The number of aryl methyl sites for hydroxylation is 2. The summed E-state index contributed by atoms with van der Waals surface area (Å²) in [5.74, 6) is 0.670. The molecule has 1 unspecified atom stereocenters. The first kappa shape index (κ1) is 15.5. The highest BCUT2D eigenvalue weighted by molar-refractivity contribution is 5.70. The summed E-state index contributed by atoms with van der Waals surface area (Å²) in [6.45, 7) is 4.04. The molecular weight excluding hydrogens is 242 g/mol. The average Bonchev–Trinajstić information content (AvgIpc) is 2.37. The zero-order chi connectivity index (χ0) is 14.6. The molecule has 1 atom stereocenters. The fraction of sp³-hybridized carbons (Fsp3) is 0.533. The maximum atomic E-state index is 11.5. The van der Waals surface area contributed by atoms with Crippen molar-refractivity contribution in [2.75, 3.05) is 28.3 Å². The predicted octanol–water partition coefficient (Wildman–Crippen LogP) is 2.48. The van der Waals surface area contributed by atoms with Gasteiger partial charge in [0.1, 0.15) is 5.75 Å². The second-order valence-electron chi connectivity index (χ2n) is 4.94. The van der Waals surface area contributed by atoms with Gasteiger partial charge in [0.05, 0.1) is 20.6 Å². The van der Waals surface area contributed by atoms with E-state index in [1.165, 1.54) is 7.11 Å². The third kappa shape index (κ3) is 3.70. The van der Waals surface area contributed by atoms with Crippen LogP contribution >= 0.6 is 0 Å². The summed E-state index contributed by atoms with van der Waals surface area (Å²) < 4.78 is 10.1. The standard InChI is InChI=1S/C15H23NO3/c1-10-8-14(18-5)11(2)7-12(10)13(16(3)4)9-15(17)19-6/h7-8,13H,9H2,1-6H3. The number of methoxy groups -OCH3 is 2. The minimum atomic E-state index is -0.202. The van der Waals surface area contributed by atoms with E-state index >= 15 is 0 Å². The van der Waals surface area contributed by atoms with E-state index in [-0.39, 0.29) is 12.0 Å². The summed E-state index contributed by atoms with van der Waals surface area (Å²) in [6.07, 6.45) is 0.343. The normalized spacial score (nSPS) is 12.4. The van der Waals surface area contributed by atoms with Gasteiger partial charge in [-0.25, -0.2) is 0 Å². The molecule has 4 nitrogen and oxygen atoms in total. The third-order valence-corrected chi connectivity index (χ3v) is 3.35. The van der Waals surface area contributed by atoms with Gasteiger partial charge in [0.15, 0.2) is 0 Å². The molecule has 0 N–H and O–H groups in total. The Balaban J connectivity index is 3.16. The lowest BCUT2D eigenvalue weighted by atomic mass is 9.95. The minimum absolute atomic E-state index is 0.0112. The second kappa shape index (κ2) is 6.57. The van der Waals surface area contributed by atoms with Gasteiger partial charge in [0, 0.05) is 6.04 Å². The zero-order valence-electron chi connectivity index (χ0n) is 12.6. The number of carbonyl (C=O) groups is 1. The fourth-order valence-electron chi connectivity index (χ4n) is 2.20. The Morgan fingerprint density at radius 2 is 1.84 bits per heavy atom. The lowest BCUT2D eigenvalue weighted by Gasteiger charge is -2.26. The number of esters is 1. The van der Waals surface area contributed by atoms with Crippen LogP contribution in [0.4, 0.5) is 0 Å². The summed E-state index contributed by atoms with van der Waals surface area (Å²) in [7, 11) is 7.01.